The van der Waals surface area contributed by atoms with Gasteiger partial charge in [0.1, 0.15) is 12.0 Å². The van der Waals surface area contributed by atoms with E-state index in [0.29, 0.717) is 11.2 Å². The van der Waals surface area contributed by atoms with Gasteiger partial charge >= 0.3 is 5.69 Å². The first-order chi connectivity index (χ1) is 12.6. The number of likely N-dealkylation sites (N-methyl/N-ethyl adjacent to an activating group) is 2. The fraction of sp³-hybridized carbons (Fsp3) is 0.625. The topological polar surface area (TPSA) is 104 Å². The quantitative estimate of drug-likeness (QED) is 0.600. The minimum atomic E-state index is -0.491. The molecule has 0 unspecified atom stereocenters. The molecule has 0 saturated carbocycles. The average molecular weight is 363 g/mol. The summed E-state index contributed by atoms with van der Waals surface area (Å²) in [4.78, 5) is 21.8. The standard InChI is InChI=1S/C16H25N7O3/c1-20-5-3-17-4-6-21(2)8-10-22(9-7-20)16-13-11-19-26-15(13)14(12-18-16)23(24)25/h11-12,17H,3-10H2,1-2H3. The third-order valence-electron chi connectivity index (χ3n) is 4.69. The van der Waals surface area contributed by atoms with Gasteiger partial charge in [-0.25, -0.2) is 4.98 Å². The normalized spacial score (nSPS) is 19.2. The van der Waals surface area contributed by atoms with Gasteiger partial charge in [-0.2, -0.15) is 0 Å². The van der Waals surface area contributed by atoms with Gasteiger partial charge in [0.05, 0.1) is 16.5 Å². The summed E-state index contributed by atoms with van der Waals surface area (Å²) in [6.07, 6.45) is 2.77. The number of fused-ring (bicyclic) bond motifs is 1. The van der Waals surface area contributed by atoms with E-state index in [1.807, 2.05) is 0 Å². The van der Waals surface area contributed by atoms with Crippen LogP contribution in [-0.4, -0.2) is 91.3 Å². The fourth-order valence-electron chi connectivity index (χ4n) is 3.01. The molecule has 26 heavy (non-hydrogen) atoms. The van der Waals surface area contributed by atoms with Crippen LogP contribution in [0.3, 0.4) is 0 Å². The third kappa shape index (κ3) is 4.26. The van der Waals surface area contributed by atoms with Crippen molar-refractivity contribution in [3.63, 3.8) is 0 Å². The maximum absolute atomic E-state index is 11.2. The van der Waals surface area contributed by atoms with Gasteiger partial charge < -0.3 is 24.5 Å². The number of anilines is 1. The zero-order valence-electron chi connectivity index (χ0n) is 15.2. The lowest BCUT2D eigenvalue weighted by Gasteiger charge is -2.30. The molecule has 10 heteroatoms. The fourth-order valence-corrected chi connectivity index (χ4v) is 3.01. The van der Waals surface area contributed by atoms with Crippen molar-refractivity contribution in [2.24, 2.45) is 0 Å². The van der Waals surface area contributed by atoms with Crippen molar-refractivity contribution in [3.8, 4) is 0 Å². The average Bonchev–Trinajstić information content (AvgIpc) is 3.09. The van der Waals surface area contributed by atoms with Crippen LogP contribution >= 0.6 is 0 Å². The third-order valence-corrected chi connectivity index (χ3v) is 4.69. The molecule has 0 bridgehead atoms. The molecule has 2 aromatic heterocycles. The molecular formula is C16H25N7O3. The first-order valence-electron chi connectivity index (χ1n) is 8.77. The summed E-state index contributed by atoms with van der Waals surface area (Å²) in [5, 5.41) is 19.0. The van der Waals surface area contributed by atoms with Crippen molar-refractivity contribution in [1.29, 1.82) is 0 Å². The lowest BCUT2D eigenvalue weighted by atomic mass is 10.2. The Hall–Kier alpha value is -2.30. The lowest BCUT2D eigenvalue weighted by molar-refractivity contribution is -0.384. The second-order valence-electron chi connectivity index (χ2n) is 6.64. The number of rotatable bonds is 2. The number of aromatic nitrogens is 2. The zero-order chi connectivity index (χ0) is 18.5. The smallest absolute Gasteiger partial charge is 0.333 e. The van der Waals surface area contributed by atoms with Gasteiger partial charge in [0.2, 0.25) is 5.58 Å². The molecule has 0 radical (unpaired) electrons. The van der Waals surface area contributed by atoms with Crippen LogP contribution in [0.1, 0.15) is 0 Å². The largest absolute Gasteiger partial charge is 0.353 e. The number of nitrogens with zero attached hydrogens (tertiary/aromatic N) is 6. The summed E-state index contributed by atoms with van der Waals surface area (Å²) in [6.45, 7) is 7.13. The Labute approximate surface area is 151 Å². The maximum Gasteiger partial charge on any atom is 0.333 e. The number of pyridine rings is 1. The van der Waals surface area contributed by atoms with E-state index in [1.54, 1.807) is 0 Å². The predicted octanol–water partition coefficient (Wildman–Crippen LogP) is 0.404. The highest BCUT2D eigenvalue weighted by Gasteiger charge is 2.23. The molecule has 0 aliphatic carbocycles. The van der Waals surface area contributed by atoms with E-state index < -0.39 is 4.92 Å². The molecule has 1 saturated heterocycles. The molecule has 142 valence electrons. The summed E-state index contributed by atoms with van der Waals surface area (Å²) < 4.78 is 5.13. The Bertz CT molecular complexity index is 735. The van der Waals surface area contributed by atoms with Gasteiger partial charge in [-0.05, 0) is 14.1 Å². The minimum absolute atomic E-state index is 0.157. The van der Waals surface area contributed by atoms with E-state index in [9.17, 15) is 10.1 Å². The Morgan fingerprint density at radius 2 is 1.73 bits per heavy atom. The van der Waals surface area contributed by atoms with E-state index >= 15 is 0 Å². The molecule has 0 atom stereocenters. The van der Waals surface area contributed by atoms with E-state index in [0.717, 1.165) is 52.4 Å². The Morgan fingerprint density at radius 1 is 1.08 bits per heavy atom. The number of hydrogen-bond donors (Lipinski definition) is 1. The Balaban J connectivity index is 1.88. The van der Waals surface area contributed by atoms with E-state index in [-0.39, 0.29) is 11.3 Å². The van der Waals surface area contributed by atoms with E-state index in [2.05, 4.69) is 44.3 Å². The molecule has 1 N–H and O–H groups in total. The molecule has 1 aliphatic heterocycles. The zero-order valence-corrected chi connectivity index (χ0v) is 15.2. The molecule has 1 fully saturated rings. The van der Waals surface area contributed by atoms with Crippen molar-refractivity contribution < 1.29 is 9.45 Å². The summed E-state index contributed by atoms with van der Waals surface area (Å²) >= 11 is 0. The highest BCUT2D eigenvalue weighted by atomic mass is 16.6. The SMILES string of the molecule is CN1CCNCCN(C)CCN(c2ncc([N+](=O)[O-])c3oncc23)CC1. The van der Waals surface area contributed by atoms with Crippen LogP contribution in [0, 0.1) is 10.1 Å². The summed E-state index contributed by atoms with van der Waals surface area (Å²) in [5.74, 6) is 0.684. The summed E-state index contributed by atoms with van der Waals surface area (Å²) in [7, 11) is 4.19. The minimum Gasteiger partial charge on any atom is -0.353 e. The van der Waals surface area contributed by atoms with E-state index in [4.69, 9.17) is 4.52 Å². The highest BCUT2D eigenvalue weighted by Crippen LogP contribution is 2.31. The van der Waals surface area contributed by atoms with Gasteiger partial charge in [0.25, 0.3) is 0 Å². The number of nitro groups is 1. The molecule has 1 aliphatic rings. The van der Waals surface area contributed by atoms with Crippen LogP contribution < -0.4 is 10.2 Å². The van der Waals surface area contributed by atoms with E-state index in [1.165, 1.54) is 12.4 Å². The summed E-state index contributed by atoms with van der Waals surface area (Å²) in [6, 6.07) is 0. The van der Waals surface area contributed by atoms with Gasteiger partial charge in [-0.1, -0.05) is 5.16 Å². The van der Waals surface area contributed by atoms with Gasteiger partial charge in [-0.15, -0.1) is 0 Å². The second-order valence-corrected chi connectivity index (χ2v) is 6.64. The molecule has 0 aromatic carbocycles. The molecule has 3 heterocycles. The van der Waals surface area contributed by atoms with Gasteiger partial charge in [0, 0.05) is 52.4 Å². The van der Waals surface area contributed by atoms with Crippen LogP contribution in [0.4, 0.5) is 11.5 Å². The molecule has 0 spiro atoms. The maximum atomic E-state index is 11.2. The first-order valence-corrected chi connectivity index (χ1v) is 8.77. The molecule has 0 amide bonds. The second kappa shape index (κ2) is 8.39. The van der Waals surface area contributed by atoms with Gasteiger partial charge in [0.15, 0.2) is 0 Å². The molecule has 2 aromatic rings. The first kappa shape index (κ1) is 18.5. The number of nitrogens with one attached hydrogen (secondary N) is 1. The molecular weight excluding hydrogens is 338 g/mol. The molecule has 3 rings (SSSR count). The Kier molecular flexibility index (Phi) is 5.96. The van der Waals surface area contributed by atoms with Crippen LogP contribution in [-0.2, 0) is 0 Å². The summed E-state index contributed by atoms with van der Waals surface area (Å²) in [5.41, 5.74) is 0.0212. The van der Waals surface area contributed by atoms with Crippen molar-refractivity contribution in [2.45, 2.75) is 0 Å². The Morgan fingerprint density at radius 3 is 2.35 bits per heavy atom. The lowest BCUT2D eigenvalue weighted by Crippen LogP contribution is -2.43. The van der Waals surface area contributed by atoms with Crippen molar-refractivity contribution in [2.75, 3.05) is 71.4 Å². The van der Waals surface area contributed by atoms with Crippen LogP contribution in [0.2, 0.25) is 0 Å². The highest BCUT2D eigenvalue weighted by molar-refractivity contribution is 5.93. The van der Waals surface area contributed by atoms with Crippen LogP contribution in [0.5, 0.6) is 0 Å². The van der Waals surface area contributed by atoms with Crippen LogP contribution in [0.25, 0.3) is 11.0 Å². The molecule has 10 nitrogen and oxygen atoms in total. The van der Waals surface area contributed by atoms with Crippen molar-refractivity contribution in [3.05, 3.63) is 22.5 Å². The van der Waals surface area contributed by atoms with Gasteiger partial charge in [-0.3, -0.25) is 10.1 Å². The predicted molar refractivity (Wildman–Crippen MR) is 98.5 cm³/mol. The number of hydrogen-bond acceptors (Lipinski definition) is 9. The monoisotopic (exact) mass is 363 g/mol. The van der Waals surface area contributed by atoms with Crippen molar-refractivity contribution >= 4 is 22.5 Å². The van der Waals surface area contributed by atoms with Crippen LogP contribution in [0.15, 0.2) is 16.9 Å². The van der Waals surface area contributed by atoms with Crippen molar-refractivity contribution in [1.82, 2.24) is 25.3 Å².